The minimum Gasteiger partial charge on any atom is -0.495 e. The molecular weight excluding hydrogens is 297 g/mol. The van der Waals surface area contributed by atoms with Gasteiger partial charge in [-0.1, -0.05) is 35.3 Å². The molecule has 0 saturated carbocycles. The Morgan fingerprint density at radius 2 is 1.60 bits per heavy atom. The molecule has 0 fully saturated rings. The van der Waals surface area contributed by atoms with E-state index < -0.39 is 0 Å². The fraction of sp³-hybridized carbons (Fsp3) is 0.200. The van der Waals surface area contributed by atoms with E-state index in [9.17, 15) is 0 Å². The van der Waals surface area contributed by atoms with Crippen LogP contribution >= 0.6 is 23.2 Å². The highest BCUT2D eigenvalue weighted by atomic mass is 35.5. The van der Waals surface area contributed by atoms with Crippen LogP contribution in [0.1, 0.15) is 17.2 Å². The minimum absolute atomic E-state index is 0.356. The summed E-state index contributed by atoms with van der Waals surface area (Å²) in [5.41, 5.74) is 8.00. The Hall–Kier alpha value is -1.42. The van der Waals surface area contributed by atoms with Crippen molar-refractivity contribution in [3.63, 3.8) is 0 Å². The van der Waals surface area contributed by atoms with E-state index in [0.717, 1.165) is 11.1 Å². The van der Waals surface area contributed by atoms with Gasteiger partial charge < -0.3 is 15.2 Å². The van der Waals surface area contributed by atoms with Crippen molar-refractivity contribution in [2.75, 3.05) is 14.2 Å². The molecule has 0 spiro atoms. The number of hydrogen-bond donors (Lipinski definition) is 1. The smallest absolute Gasteiger partial charge is 0.146 e. The summed E-state index contributed by atoms with van der Waals surface area (Å²) >= 11 is 12.1. The predicted molar refractivity (Wildman–Crippen MR) is 82.0 cm³/mol. The molecular formula is C15H15Cl2NO2. The Labute approximate surface area is 128 Å². The Bertz CT molecular complexity index is 600. The molecule has 2 aromatic carbocycles. The molecule has 3 nitrogen and oxygen atoms in total. The van der Waals surface area contributed by atoms with Crippen LogP contribution in [-0.2, 0) is 0 Å². The van der Waals surface area contributed by atoms with Crippen molar-refractivity contribution in [1.82, 2.24) is 0 Å². The summed E-state index contributed by atoms with van der Waals surface area (Å²) < 4.78 is 10.5. The van der Waals surface area contributed by atoms with Gasteiger partial charge in [-0.15, -0.1) is 0 Å². The number of methoxy groups -OCH3 is 2. The van der Waals surface area contributed by atoms with Crippen molar-refractivity contribution in [3.8, 4) is 11.5 Å². The van der Waals surface area contributed by atoms with Crippen molar-refractivity contribution < 1.29 is 9.47 Å². The topological polar surface area (TPSA) is 44.5 Å². The Balaban J connectivity index is 2.46. The summed E-state index contributed by atoms with van der Waals surface area (Å²) in [5, 5.41) is 1.08. The Morgan fingerprint density at radius 1 is 0.950 bits per heavy atom. The van der Waals surface area contributed by atoms with Gasteiger partial charge in [-0.2, -0.15) is 0 Å². The number of hydrogen-bond acceptors (Lipinski definition) is 3. The second-order valence-electron chi connectivity index (χ2n) is 4.23. The van der Waals surface area contributed by atoms with E-state index in [2.05, 4.69) is 0 Å². The number of nitrogens with two attached hydrogens (primary N) is 1. The van der Waals surface area contributed by atoms with E-state index in [1.807, 2.05) is 18.2 Å². The molecule has 0 amide bonds. The molecule has 5 heteroatoms. The molecule has 0 bridgehead atoms. The molecule has 1 unspecified atom stereocenters. The molecule has 0 aliphatic carbocycles. The zero-order chi connectivity index (χ0) is 14.7. The van der Waals surface area contributed by atoms with Crippen LogP contribution < -0.4 is 15.2 Å². The maximum absolute atomic E-state index is 6.28. The zero-order valence-electron chi connectivity index (χ0n) is 11.2. The van der Waals surface area contributed by atoms with Gasteiger partial charge in [0, 0.05) is 10.6 Å². The summed E-state index contributed by atoms with van der Waals surface area (Å²) in [5.74, 6) is 1.07. The Morgan fingerprint density at radius 3 is 2.15 bits per heavy atom. The maximum atomic E-state index is 6.28. The van der Waals surface area contributed by atoms with Crippen molar-refractivity contribution in [3.05, 3.63) is 57.6 Å². The van der Waals surface area contributed by atoms with Crippen LogP contribution in [0.4, 0.5) is 0 Å². The van der Waals surface area contributed by atoms with Gasteiger partial charge in [-0.3, -0.25) is 0 Å². The maximum Gasteiger partial charge on any atom is 0.146 e. The molecule has 106 valence electrons. The highest BCUT2D eigenvalue weighted by Gasteiger charge is 2.19. The van der Waals surface area contributed by atoms with E-state index in [-0.39, 0.29) is 6.04 Å². The molecule has 0 aromatic heterocycles. The Kier molecular flexibility index (Phi) is 4.76. The monoisotopic (exact) mass is 311 g/mol. The first kappa shape index (κ1) is 15.0. The molecule has 0 saturated heterocycles. The number of ether oxygens (including phenoxy) is 2. The van der Waals surface area contributed by atoms with E-state index in [1.165, 1.54) is 0 Å². The van der Waals surface area contributed by atoms with Crippen LogP contribution in [0.25, 0.3) is 0 Å². The molecule has 0 aliphatic heterocycles. The molecule has 0 heterocycles. The van der Waals surface area contributed by atoms with Crippen molar-refractivity contribution >= 4 is 23.2 Å². The van der Waals surface area contributed by atoms with E-state index in [0.29, 0.717) is 21.5 Å². The van der Waals surface area contributed by atoms with Gasteiger partial charge in [0.15, 0.2) is 0 Å². The molecule has 0 aliphatic rings. The first-order valence-electron chi connectivity index (χ1n) is 6.00. The summed E-state index contributed by atoms with van der Waals surface area (Å²) in [4.78, 5) is 0. The molecule has 2 aromatic rings. The van der Waals surface area contributed by atoms with E-state index >= 15 is 0 Å². The first-order chi connectivity index (χ1) is 9.58. The lowest BCUT2D eigenvalue weighted by atomic mass is 9.98. The summed E-state index contributed by atoms with van der Waals surface area (Å²) in [6.45, 7) is 0. The highest BCUT2D eigenvalue weighted by molar-refractivity contribution is 6.33. The fourth-order valence-corrected chi connectivity index (χ4v) is 2.47. The molecule has 20 heavy (non-hydrogen) atoms. The lowest BCUT2D eigenvalue weighted by Crippen LogP contribution is -2.13. The third kappa shape index (κ3) is 2.85. The predicted octanol–water partition coefficient (Wildman–Crippen LogP) is 4.06. The van der Waals surface area contributed by atoms with Crippen LogP contribution in [0.5, 0.6) is 11.5 Å². The zero-order valence-corrected chi connectivity index (χ0v) is 12.7. The average molecular weight is 312 g/mol. The molecule has 2 N–H and O–H groups in total. The number of benzene rings is 2. The van der Waals surface area contributed by atoms with E-state index in [4.69, 9.17) is 38.4 Å². The van der Waals surface area contributed by atoms with Gasteiger partial charge in [-0.25, -0.2) is 0 Å². The third-order valence-corrected chi connectivity index (χ3v) is 3.69. The fourth-order valence-electron chi connectivity index (χ4n) is 2.01. The number of halogens is 2. The standard InChI is InChI=1S/C15H15Cl2NO2/c1-19-12-8-7-11(15(20-2)13(12)17)14(18)9-3-5-10(16)6-4-9/h3-8,14H,18H2,1-2H3. The SMILES string of the molecule is COc1ccc(C(N)c2ccc(Cl)cc2)c(OC)c1Cl. The third-order valence-electron chi connectivity index (χ3n) is 3.08. The number of rotatable bonds is 4. The largest absolute Gasteiger partial charge is 0.495 e. The lowest BCUT2D eigenvalue weighted by Gasteiger charge is -2.18. The van der Waals surface area contributed by atoms with Crippen LogP contribution in [0.2, 0.25) is 10.0 Å². The lowest BCUT2D eigenvalue weighted by molar-refractivity contribution is 0.390. The summed E-state index contributed by atoms with van der Waals surface area (Å²) in [6.07, 6.45) is 0. The van der Waals surface area contributed by atoms with Crippen LogP contribution in [-0.4, -0.2) is 14.2 Å². The van der Waals surface area contributed by atoms with Gasteiger partial charge in [0.1, 0.15) is 16.5 Å². The second kappa shape index (κ2) is 6.35. The van der Waals surface area contributed by atoms with Gasteiger partial charge in [0.25, 0.3) is 0 Å². The van der Waals surface area contributed by atoms with E-state index in [1.54, 1.807) is 32.4 Å². The van der Waals surface area contributed by atoms with Crippen LogP contribution in [0.3, 0.4) is 0 Å². The first-order valence-corrected chi connectivity index (χ1v) is 6.75. The van der Waals surface area contributed by atoms with Gasteiger partial charge in [-0.05, 0) is 29.8 Å². The van der Waals surface area contributed by atoms with Gasteiger partial charge >= 0.3 is 0 Å². The average Bonchev–Trinajstić information content (AvgIpc) is 2.47. The second-order valence-corrected chi connectivity index (χ2v) is 5.05. The van der Waals surface area contributed by atoms with Crippen LogP contribution in [0, 0.1) is 0 Å². The van der Waals surface area contributed by atoms with Gasteiger partial charge in [0.05, 0.1) is 20.3 Å². The minimum atomic E-state index is -0.356. The van der Waals surface area contributed by atoms with Gasteiger partial charge in [0.2, 0.25) is 0 Å². The highest BCUT2D eigenvalue weighted by Crippen LogP contribution is 2.40. The molecule has 1 atom stereocenters. The normalized spacial score (nSPS) is 12.1. The van der Waals surface area contributed by atoms with Crippen molar-refractivity contribution in [2.24, 2.45) is 5.73 Å². The quantitative estimate of drug-likeness (QED) is 0.926. The summed E-state index contributed by atoms with van der Waals surface area (Å²) in [6, 6.07) is 10.6. The van der Waals surface area contributed by atoms with Crippen molar-refractivity contribution in [2.45, 2.75) is 6.04 Å². The van der Waals surface area contributed by atoms with Crippen LogP contribution in [0.15, 0.2) is 36.4 Å². The molecule has 0 radical (unpaired) electrons. The summed E-state index contributed by atoms with van der Waals surface area (Å²) in [7, 11) is 3.11. The molecule has 2 rings (SSSR count). The van der Waals surface area contributed by atoms with Crippen molar-refractivity contribution in [1.29, 1.82) is 0 Å².